The number of benzene rings is 1. The van der Waals surface area contributed by atoms with Gasteiger partial charge in [-0.25, -0.2) is 4.79 Å². The fourth-order valence-corrected chi connectivity index (χ4v) is 1.75. The predicted octanol–water partition coefficient (Wildman–Crippen LogP) is 2.18. The Bertz CT molecular complexity index is 708. The molecule has 1 aromatic carbocycles. The summed E-state index contributed by atoms with van der Waals surface area (Å²) >= 11 is 0. The van der Waals surface area contributed by atoms with Crippen LogP contribution in [-0.2, 0) is 9.53 Å². The standard InChI is InChI=1S/C15H16N2O5/c1-8-5-4-6-11(13(8)18)15(20)21-10(3)14(19)16-12-7-9(2)22-17-12/h4-7,10,18H,1-3H3,(H,16,17,19). The molecular weight excluding hydrogens is 288 g/mol. The summed E-state index contributed by atoms with van der Waals surface area (Å²) in [5.74, 6) is -0.699. The first-order chi connectivity index (χ1) is 10.4. The van der Waals surface area contributed by atoms with Crippen molar-refractivity contribution < 1.29 is 24.0 Å². The molecule has 0 aliphatic rings. The van der Waals surface area contributed by atoms with Crippen LogP contribution in [-0.4, -0.2) is 28.2 Å². The topological polar surface area (TPSA) is 102 Å². The van der Waals surface area contributed by atoms with Crippen LogP contribution >= 0.6 is 0 Å². The van der Waals surface area contributed by atoms with E-state index in [1.807, 2.05) is 0 Å². The van der Waals surface area contributed by atoms with Gasteiger partial charge in [-0.05, 0) is 32.4 Å². The lowest BCUT2D eigenvalue weighted by molar-refractivity contribution is -0.123. The monoisotopic (exact) mass is 304 g/mol. The molecule has 1 atom stereocenters. The van der Waals surface area contributed by atoms with Crippen LogP contribution in [0.25, 0.3) is 0 Å². The molecule has 0 saturated heterocycles. The SMILES string of the molecule is Cc1cc(NC(=O)C(C)OC(=O)c2cccc(C)c2O)no1. The van der Waals surface area contributed by atoms with Crippen LogP contribution in [0.3, 0.4) is 0 Å². The molecule has 7 nitrogen and oxygen atoms in total. The first-order valence-electron chi connectivity index (χ1n) is 6.62. The highest BCUT2D eigenvalue weighted by atomic mass is 16.5. The molecule has 2 rings (SSSR count). The van der Waals surface area contributed by atoms with E-state index in [0.29, 0.717) is 11.3 Å². The summed E-state index contributed by atoms with van der Waals surface area (Å²) in [7, 11) is 0. The molecule has 0 radical (unpaired) electrons. The maximum atomic E-state index is 12.0. The fraction of sp³-hybridized carbons (Fsp3) is 0.267. The van der Waals surface area contributed by atoms with Crippen molar-refractivity contribution in [3.05, 3.63) is 41.2 Å². The van der Waals surface area contributed by atoms with E-state index in [0.717, 1.165) is 0 Å². The number of phenolic OH excluding ortho intramolecular Hbond substituents is 1. The maximum absolute atomic E-state index is 12.0. The number of nitrogens with zero attached hydrogens (tertiary/aromatic N) is 1. The molecular formula is C15H16N2O5. The van der Waals surface area contributed by atoms with E-state index in [9.17, 15) is 14.7 Å². The number of aromatic nitrogens is 1. The van der Waals surface area contributed by atoms with Gasteiger partial charge in [-0.3, -0.25) is 4.79 Å². The van der Waals surface area contributed by atoms with Gasteiger partial charge in [-0.1, -0.05) is 17.3 Å². The zero-order valence-corrected chi connectivity index (χ0v) is 12.4. The van der Waals surface area contributed by atoms with Gasteiger partial charge in [0.25, 0.3) is 5.91 Å². The lowest BCUT2D eigenvalue weighted by Gasteiger charge is -2.13. The van der Waals surface area contributed by atoms with Crippen LogP contribution in [0.2, 0.25) is 0 Å². The van der Waals surface area contributed by atoms with Crippen LogP contribution in [0.5, 0.6) is 5.75 Å². The second-order valence-corrected chi connectivity index (χ2v) is 4.83. The van der Waals surface area contributed by atoms with Crippen LogP contribution in [0.4, 0.5) is 5.82 Å². The van der Waals surface area contributed by atoms with E-state index in [4.69, 9.17) is 9.26 Å². The van der Waals surface area contributed by atoms with Crippen molar-refractivity contribution in [2.45, 2.75) is 26.9 Å². The normalized spacial score (nSPS) is 11.8. The van der Waals surface area contributed by atoms with E-state index in [1.54, 1.807) is 32.0 Å². The second-order valence-electron chi connectivity index (χ2n) is 4.83. The minimum atomic E-state index is -1.05. The number of carbonyl (C=O) groups is 2. The highest BCUT2D eigenvalue weighted by Crippen LogP contribution is 2.22. The van der Waals surface area contributed by atoms with Crippen molar-refractivity contribution in [3.8, 4) is 5.75 Å². The van der Waals surface area contributed by atoms with E-state index in [1.165, 1.54) is 13.0 Å². The molecule has 0 aliphatic heterocycles. The van der Waals surface area contributed by atoms with Crippen LogP contribution in [0.15, 0.2) is 28.8 Å². The summed E-state index contributed by atoms with van der Waals surface area (Å²) < 4.78 is 9.86. The van der Waals surface area contributed by atoms with Gasteiger partial charge in [0.15, 0.2) is 11.9 Å². The number of rotatable bonds is 4. The Morgan fingerprint density at radius 1 is 1.36 bits per heavy atom. The minimum Gasteiger partial charge on any atom is -0.507 e. The molecule has 22 heavy (non-hydrogen) atoms. The lowest BCUT2D eigenvalue weighted by atomic mass is 10.1. The predicted molar refractivity (Wildman–Crippen MR) is 77.6 cm³/mol. The van der Waals surface area contributed by atoms with Crippen LogP contribution < -0.4 is 5.32 Å². The average molecular weight is 304 g/mol. The molecule has 1 unspecified atom stereocenters. The molecule has 1 amide bonds. The van der Waals surface area contributed by atoms with Gasteiger partial charge in [-0.15, -0.1) is 0 Å². The summed E-state index contributed by atoms with van der Waals surface area (Å²) in [5, 5.41) is 15.9. The summed E-state index contributed by atoms with van der Waals surface area (Å²) in [5.41, 5.74) is 0.557. The highest BCUT2D eigenvalue weighted by Gasteiger charge is 2.22. The van der Waals surface area contributed by atoms with Crippen molar-refractivity contribution in [2.75, 3.05) is 5.32 Å². The molecule has 2 N–H and O–H groups in total. The third-order valence-electron chi connectivity index (χ3n) is 2.99. The number of anilines is 1. The number of hydrogen-bond donors (Lipinski definition) is 2. The Labute approximate surface area is 126 Å². The smallest absolute Gasteiger partial charge is 0.342 e. The van der Waals surface area contributed by atoms with E-state index < -0.39 is 18.0 Å². The summed E-state index contributed by atoms with van der Waals surface area (Å²) in [6.07, 6.45) is -1.05. The quantitative estimate of drug-likeness (QED) is 0.839. The van der Waals surface area contributed by atoms with Crippen LogP contribution in [0.1, 0.15) is 28.6 Å². The number of carbonyl (C=O) groups excluding carboxylic acids is 2. The van der Waals surface area contributed by atoms with Crippen molar-refractivity contribution in [1.82, 2.24) is 5.16 Å². The number of para-hydroxylation sites is 1. The number of nitrogens with one attached hydrogen (secondary N) is 1. The number of aryl methyl sites for hydroxylation is 2. The lowest BCUT2D eigenvalue weighted by Crippen LogP contribution is -2.30. The largest absolute Gasteiger partial charge is 0.507 e. The number of amides is 1. The molecule has 1 aromatic heterocycles. The highest BCUT2D eigenvalue weighted by molar-refractivity contribution is 5.98. The maximum Gasteiger partial charge on any atom is 0.342 e. The number of hydrogen-bond acceptors (Lipinski definition) is 6. The van der Waals surface area contributed by atoms with E-state index >= 15 is 0 Å². The van der Waals surface area contributed by atoms with E-state index in [2.05, 4.69) is 10.5 Å². The zero-order chi connectivity index (χ0) is 16.3. The average Bonchev–Trinajstić information content (AvgIpc) is 2.86. The summed E-state index contributed by atoms with van der Waals surface area (Å²) in [4.78, 5) is 23.9. The van der Waals surface area contributed by atoms with Gasteiger partial charge in [-0.2, -0.15) is 0 Å². The van der Waals surface area contributed by atoms with Crippen molar-refractivity contribution >= 4 is 17.7 Å². The molecule has 1 heterocycles. The molecule has 7 heteroatoms. The minimum absolute atomic E-state index is 0.0110. The van der Waals surface area contributed by atoms with Gasteiger partial charge >= 0.3 is 5.97 Å². The van der Waals surface area contributed by atoms with E-state index in [-0.39, 0.29) is 17.1 Å². The Morgan fingerprint density at radius 3 is 2.73 bits per heavy atom. The molecule has 2 aromatic rings. The van der Waals surface area contributed by atoms with Crippen LogP contribution in [0, 0.1) is 13.8 Å². The Balaban J connectivity index is 2.01. The fourth-order valence-electron chi connectivity index (χ4n) is 1.75. The Kier molecular flexibility index (Phi) is 4.45. The number of esters is 1. The van der Waals surface area contributed by atoms with Crippen molar-refractivity contribution in [3.63, 3.8) is 0 Å². The summed E-state index contributed by atoms with van der Waals surface area (Å²) in [6.45, 7) is 4.77. The third-order valence-corrected chi connectivity index (χ3v) is 2.99. The van der Waals surface area contributed by atoms with Gasteiger partial charge in [0.05, 0.1) is 0 Å². The first kappa shape index (κ1) is 15.6. The molecule has 0 bridgehead atoms. The van der Waals surface area contributed by atoms with Crippen molar-refractivity contribution in [1.29, 1.82) is 0 Å². The number of aromatic hydroxyl groups is 1. The Hall–Kier alpha value is -2.83. The summed E-state index contributed by atoms with van der Waals surface area (Å²) in [6, 6.07) is 6.25. The number of ether oxygens (including phenoxy) is 1. The van der Waals surface area contributed by atoms with Gasteiger partial charge in [0.1, 0.15) is 17.1 Å². The molecule has 0 saturated carbocycles. The van der Waals surface area contributed by atoms with Gasteiger partial charge < -0.3 is 19.7 Å². The molecule has 0 fully saturated rings. The number of phenols is 1. The molecule has 0 spiro atoms. The van der Waals surface area contributed by atoms with Gasteiger partial charge in [0, 0.05) is 6.07 Å². The first-order valence-corrected chi connectivity index (χ1v) is 6.62. The van der Waals surface area contributed by atoms with Gasteiger partial charge in [0.2, 0.25) is 0 Å². The van der Waals surface area contributed by atoms with Crippen molar-refractivity contribution in [2.24, 2.45) is 0 Å². The Morgan fingerprint density at radius 2 is 2.09 bits per heavy atom. The zero-order valence-electron chi connectivity index (χ0n) is 12.4. The molecule has 0 aliphatic carbocycles. The molecule has 116 valence electrons. The second kappa shape index (κ2) is 6.30. The third kappa shape index (κ3) is 3.43.